The molecule has 6 heteroatoms. The van der Waals surface area contributed by atoms with Crippen LogP contribution in [0.3, 0.4) is 0 Å². The van der Waals surface area contributed by atoms with E-state index >= 15 is 0 Å². The zero-order valence-corrected chi connectivity index (χ0v) is 12.6. The molecule has 110 valence electrons. The summed E-state index contributed by atoms with van der Waals surface area (Å²) >= 11 is 1.71. The predicted octanol–water partition coefficient (Wildman–Crippen LogP) is 2.50. The molecule has 2 N–H and O–H groups in total. The summed E-state index contributed by atoms with van der Waals surface area (Å²) in [5.74, 6) is 1.01. The molecule has 1 amide bonds. The lowest BCUT2D eigenvalue weighted by molar-refractivity contribution is -0.115. The number of amides is 1. The molecule has 1 aliphatic heterocycles. The number of aliphatic hydroxyl groups excluding tert-OH is 1. The highest BCUT2D eigenvalue weighted by Crippen LogP contribution is 2.33. The first kappa shape index (κ1) is 14.2. The molecule has 2 aromatic rings. The third kappa shape index (κ3) is 2.69. The monoisotopic (exact) mass is 303 g/mol. The van der Waals surface area contributed by atoms with Crippen molar-refractivity contribution in [1.29, 1.82) is 0 Å². The van der Waals surface area contributed by atoms with E-state index in [9.17, 15) is 9.90 Å². The Morgan fingerprint density at radius 1 is 1.43 bits per heavy atom. The molecule has 1 aromatic heterocycles. The first-order chi connectivity index (χ1) is 10.2. The Balaban J connectivity index is 1.89. The van der Waals surface area contributed by atoms with Gasteiger partial charge in [-0.3, -0.25) is 4.79 Å². The topological polar surface area (TPSA) is 67.2 Å². The smallest absolute Gasteiger partial charge is 0.224 e. The molecule has 2 heterocycles. The zero-order valence-electron chi connectivity index (χ0n) is 11.8. The van der Waals surface area contributed by atoms with Crippen molar-refractivity contribution in [3.63, 3.8) is 0 Å². The number of aliphatic hydroxyl groups is 1. The summed E-state index contributed by atoms with van der Waals surface area (Å²) in [6.07, 6.45) is 0.460. The van der Waals surface area contributed by atoms with Crippen molar-refractivity contribution in [2.45, 2.75) is 31.7 Å². The van der Waals surface area contributed by atoms with Crippen LogP contribution in [0.1, 0.15) is 19.0 Å². The quantitative estimate of drug-likeness (QED) is 0.910. The van der Waals surface area contributed by atoms with Crippen LogP contribution < -0.4 is 5.32 Å². The molecule has 0 atom stereocenters. The fourth-order valence-corrected chi connectivity index (χ4v) is 3.35. The van der Waals surface area contributed by atoms with Crippen molar-refractivity contribution in [2.75, 3.05) is 11.1 Å². The SMILES string of the molecule is CCC(=O)Nc1ccc(-c2nc3n(c2CO)CCS3)cc1. The van der Waals surface area contributed by atoms with Crippen LogP contribution >= 0.6 is 11.8 Å². The van der Waals surface area contributed by atoms with Crippen molar-refractivity contribution >= 4 is 23.4 Å². The maximum absolute atomic E-state index is 11.4. The molecular weight excluding hydrogens is 286 g/mol. The number of carbonyl (C=O) groups is 1. The van der Waals surface area contributed by atoms with Crippen LogP contribution in [0.2, 0.25) is 0 Å². The highest BCUT2D eigenvalue weighted by Gasteiger charge is 2.21. The number of anilines is 1. The minimum absolute atomic E-state index is 0.00355. The molecular formula is C15H17N3O2S. The van der Waals surface area contributed by atoms with Crippen LogP contribution in [-0.2, 0) is 17.9 Å². The Morgan fingerprint density at radius 2 is 2.19 bits per heavy atom. The maximum Gasteiger partial charge on any atom is 0.224 e. The molecule has 3 rings (SSSR count). The molecule has 5 nitrogen and oxygen atoms in total. The first-order valence-corrected chi connectivity index (χ1v) is 7.94. The van der Waals surface area contributed by atoms with E-state index in [2.05, 4.69) is 14.9 Å². The zero-order chi connectivity index (χ0) is 14.8. The second-order valence-corrected chi connectivity index (χ2v) is 5.89. The van der Waals surface area contributed by atoms with Gasteiger partial charge < -0.3 is 15.0 Å². The summed E-state index contributed by atoms with van der Waals surface area (Å²) in [4.78, 5) is 16.0. The summed E-state index contributed by atoms with van der Waals surface area (Å²) in [5, 5.41) is 13.4. The van der Waals surface area contributed by atoms with Gasteiger partial charge in [0, 0.05) is 30.0 Å². The fraction of sp³-hybridized carbons (Fsp3) is 0.333. The second kappa shape index (κ2) is 5.91. The summed E-state index contributed by atoms with van der Waals surface area (Å²) in [6.45, 7) is 2.70. The molecule has 0 bridgehead atoms. The lowest BCUT2D eigenvalue weighted by Gasteiger charge is -2.06. The number of thioether (sulfide) groups is 1. The van der Waals surface area contributed by atoms with E-state index in [1.54, 1.807) is 11.8 Å². The number of aromatic nitrogens is 2. The fourth-order valence-electron chi connectivity index (χ4n) is 2.39. The molecule has 0 unspecified atom stereocenters. The highest BCUT2D eigenvalue weighted by atomic mass is 32.2. The molecule has 0 aliphatic carbocycles. The third-order valence-electron chi connectivity index (χ3n) is 3.50. The molecule has 0 fully saturated rings. The molecule has 0 radical (unpaired) electrons. The average Bonchev–Trinajstić information content (AvgIpc) is 3.08. The third-order valence-corrected chi connectivity index (χ3v) is 4.45. The Morgan fingerprint density at radius 3 is 2.86 bits per heavy atom. The van der Waals surface area contributed by atoms with Crippen molar-refractivity contribution in [2.24, 2.45) is 0 Å². The van der Waals surface area contributed by atoms with E-state index < -0.39 is 0 Å². The molecule has 0 saturated carbocycles. The molecule has 1 aromatic carbocycles. The average molecular weight is 303 g/mol. The van der Waals surface area contributed by atoms with E-state index in [1.807, 2.05) is 31.2 Å². The van der Waals surface area contributed by atoms with E-state index in [-0.39, 0.29) is 12.5 Å². The van der Waals surface area contributed by atoms with Crippen LogP contribution in [0.5, 0.6) is 0 Å². The Kier molecular flexibility index (Phi) is 3.98. The van der Waals surface area contributed by atoms with Gasteiger partial charge in [0.1, 0.15) is 0 Å². The Hall–Kier alpha value is -1.79. The van der Waals surface area contributed by atoms with Crippen molar-refractivity contribution < 1.29 is 9.90 Å². The van der Waals surface area contributed by atoms with Gasteiger partial charge in [-0.25, -0.2) is 4.98 Å². The minimum atomic E-state index is -0.0167. The number of nitrogens with zero attached hydrogens (tertiary/aromatic N) is 2. The number of fused-ring (bicyclic) bond motifs is 1. The van der Waals surface area contributed by atoms with E-state index in [1.165, 1.54) is 0 Å². The summed E-state index contributed by atoms with van der Waals surface area (Å²) in [5.41, 5.74) is 3.42. The van der Waals surface area contributed by atoms with Gasteiger partial charge in [-0.15, -0.1) is 0 Å². The van der Waals surface area contributed by atoms with Gasteiger partial charge in [0.05, 0.1) is 18.0 Å². The number of benzene rings is 1. The van der Waals surface area contributed by atoms with Crippen molar-refractivity contribution in [3.05, 3.63) is 30.0 Å². The number of nitrogens with one attached hydrogen (secondary N) is 1. The number of hydrogen-bond donors (Lipinski definition) is 2. The highest BCUT2D eigenvalue weighted by molar-refractivity contribution is 7.99. The van der Waals surface area contributed by atoms with Crippen LogP contribution in [0.4, 0.5) is 5.69 Å². The number of rotatable bonds is 4. The minimum Gasteiger partial charge on any atom is -0.390 e. The summed E-state index contributed by atoms with van der Waals surface area (Å²) in [6, 6.07) is 7.57. The summed E-state index contributed by atoms with van der Waals surface area (Å²) < 4.78 is 2.08. The summed E-state index contributed by atoms with van der Waals surface area (Å²) in [7, 11) is 0. The largest absolute Gasteiger partial charge is 0.390 e. The Bertz CT molecular complexity index is 664. The van der Waals surface area contributed by atoms with Gasteiger partial charge in [0.2, 0.25) is 5.91 Å². The number of carbonyl (C=O) groups excluding carboxylic acids is 1. The van der Waals surface area contributed by atoms with Gasteiger partial charge in [0.25, 0.3) is 0 Å². The van der Waals surface area contributed by atoms with Gasteiger partial charge in [-0.2, -0.15) is 0 Å². The lowest BCUT2D eigenvalue weighted by atomic mass is 10.1. The second-order valence-electron chi connectivity index (χ2n) is 4.83. The standard InChI is InChI=1S/C15H17N3O2S/c1-2-13(20)16-11-5-3-10(4-6-11)14-12(9-19)18-7-8-21-15(18)17-14/h3-6,19H,2,7-9H2,1H3,(H,16,20). The number of hydrogen-bond acceptors (Lipinski definition) is 4. The Labute approximate surface area is 127 Å². The van der Waals surface area contributed by atoms with Crippen LogP contribution in [0.15, 0.2) is 29.4 Å². The van der Waals surface area contributed by atoms with Crippen molar-refractivity contribution in [1.82, 2.24) is 9.55 Å². The van der Waals surface area contributed by atoms with E-state index in [0.29, 0.717) is 6.42 Å². The van der Waals surface area contributed by atoms with Crippen LogP contribution in [0.25, 0.3) is 11.3 Å². The maximum atomic E-state index is 11.4. The van der Waals surface area contributed by atoms with E-state index in [4.69, 9.17) is 0 Å². The van der Waals surface area contributed by atoms with Crippen molar-refractivity contribution in [3.8, 4) is 11.3 Å². The van der Waals surface area contributed by atoms with Gasteiger partial charge in [-0.1, -0.05) is 30.8 Å². The van der Waals surface area contributed by atoms with E-state index in [0.717, 1.165) is 40.1 Å². The molecule has 0 saturated heterocycles. The van der Waals surface area contributed by atoms with Crippen LogP contribution in [0, 0.1) is 0 Å². The normalized spacial score (nSPS) is 13.2. The first-order valence-electron chi connectivity index (χ1n) is 6.96. The lowest BCUT2D eigenvalue weighted by Crippen LogP contribution is -2.09. The predicted molar refractivity (Wildman–Crippen MR) is 83.2 cm³/mol. The van der Waals surface area contributed by atoms with Gasteiger partial charge in [0.15, 0.2) is 5.16 Å². The van der Waals surface area contributed by atoms with Crippen LogP contribution in [-0.4, -0.2) is 26.3 Å². The molecule has 1 aliphatic rings. The number of imidazole rings is 1. The molecule has 0 spiro atoms. The van der Waals surface area contributed by atoms with Gasteiger partial charge in [-0.05, 0) is 12.1 Å². The molecule has 21 heavy (non-hydrogen) atoms. The van der Waals surface area contributed by atoms with Gasteiger partial charge >= 0.3 is 0 Å².